The number of imidazole rings is 1. The number of rotatable bonds is 4. The molecular formula is C21H26N4O3. The third kappa shape index (κ3) is 4.75. The summed E-state index contributed by atoms with van der Waals surface area (Å²) >= 11 is 0. The monoisotopic (exact) mass is 383 g/mol. The van der Waals surface area contributed by atoms with Gasteiger partial charge in [0.15, 0.2) is 6.29 Å². The molecule has 28 heavy (non-hydrogen) atoms. The van der Waals surface area contributed by atoms with E-state index in [0.717, 1.165) is 17.0 Å². The Hall–Kier alpha value is -3.19. The van der Waals surface area contributed by atoms with Crippen molar-refractivity contribution in [2.45, 2.75) is 32.2 Å². The minimum Gasteiger partial charge on any atom is -0.412 e. The van der Waals surface area contributed by atoms with Crippen molar-refractivity contribution in [3.63, 3.8) is 0 Å². The van der Waals surface area contributed by atoms with Crippen LogP contribution in [0.2, 0.25) is 0 Å². The Morgan fingerprint density at radius 2 is 2.00 bits per heavy atom. The molecule has 2 aromatic rings. The Morgan fingerprint density at radius 3 is 2.64 bits per heavy atom. The summed E-state index contributed by atoms with van der Waals surface area (Å²) in [5, 5.41) is 6.26. The number of aldehydes is 1. The molecule has 0 spiro atoms. The van der Waals surface area contributed by atoms with Gasteiger partial charge in [-0.2, -0.15) is 0 Å². The van der Waals surface area contributed by atoms with Gasteiger partial charge in [-0.1, -0.05) is 51.1 Å². The molecule has 148 valence electrons. The van der Waals surface area contributed by atoms with Gasteiger partial charge in [-0.3, -0.25) is 9.59 Å². The van der Waals surface area contributed by atoms with Gasteiger partial charge in [-0.15, -0.1) is 0 Å². The number of Topliss-reactive ketones (excluding diaryl/α,β-unsaturated/α-hetero) is 1. The molecular weight excluding hydrogens is 356 g/mol. The molecule has 0 amide bonds. The Labute approximate surface area is 165 Å². The molecule has 0 aliphatic carbocycles. The number of benzene rings is 1. The number of carbonyl (C=O) groups is 2. The largest absolute Gasteiger partial charge is 0.412 e. The Morgan fingerprint density at radius 1 is 1.29 bits per heavy atom. The second-order valence-electron chi connectivity index (χ2n) is 7.45. The predicted molar refractivity (Wildman–Crippen MR) is 109 cm³/mol. The number of aromatic amines is 1. The first-order chi connectivity index (χ1) is 13.3. The quantitative estimate of drug-likeness (QED) is 0.547. The molecule has 1 aromatic carbocycles. The van der Waals surface area contributed by atoms with E-state index < -0.39 is 11.8 Å². The number of hydrogen-bond donors (Lipinski definition) is 3. The van der Waals surface area contributed by atoms with Gasteiger partial charge in [-0.05, 0) is 17.7 Å². The second kappa shape index (κ2) is 8.67. The van der Waals surface area contributed by atoms with Gasteiger partial charge in [0.2, 0.25) is 5.78 Å². The fourth-order valence-corrected chi connectivity index (χ4v) is 2.93. The van der Waals surface area contributed by atoms with E-state index in [1.54, 1.807) is 6.33 Å². The lowest BCUT2D eigenvalue weighted by atomic mass is 9.90. The van der Waals surface area contributed by atoms with Crippen molar-refractivity contribution in [1.29, 1.82) is 0 Å². The topological polar surface area (TPSA) is 118 Å². The van der Waals surface area contributed by atoms with Crippen LogP contribution in [0.5, 0.6) is 0 Å². The van der Waals surface area contributed by atoms with Gasteiger partial charge in [-0.25, -0.2) is 4.98 Å². The normalized spacial score (nSPS) is 20.3. The van der Waals surface area contributed by atoms with Crippen LogP contribution in [0.3, 0.4) is 0 Å². The number of carbonyl (C=O) groups excluding carboxylic acids is 2. The highest BCUT2D eigenvalue weighted by molar-refractivity contribution is 6.28. The van der Waals surface area contributed by atoms with Gasteiger partial charge in [0, 0.05) is 16.8 Å². The summed E-state index contributed by atoms with van der Waals surface area (Å²) in [6.45, 7) is 6.43. The summed E-state index contributed by atoms with van der Waals surface area (Å²) in [6, 6.07) is 8.86. The molecule has 7 nitrogen and oxygen atoms in total. The van der Waals surface area contributed by atoms with Crippen molar-refractivity contribution in [3.05, 3.63) is 65.0 Å². The van der Waals surface area contributed by atoms with Crippen molar-refractivity contribution in [1.82, 2.24) is 20.6 Å². The predicted octanol–water partition coefficient (Wildman–Crippen LogP) is 1.59. The molecule has 1 aliphatic rings. The summed E-state index contributed by atoms with van der Waals surface area (Å²) in [5.74, 6) is -0.636. The lowest BCUT2D eigenvalue weighted by Gasteiger charge is -2.29. The average Bonchev–Trinajstić information content (AvgIpc) is 3.18. The van der Waals surface area contributed by atoms with E-state index in [4.69, 9.17) is 1.37 Å². The standard InChI is InChI=1S/C21H24N4O2.H2O/c1-21(2,3)20-17(23-13-24-20)10-16-19(18(27)12-26)25-15(11-22-16)9-14-7-5-4-6-8-14;/h4-10,12-13,19,22,25H,11H2,1-3H3,(H,23,24);1H2/b15-9-,16-10-;/i10D;. The molecule has 1 atom stereocenters. The zero-order valence-electron chi connectivity index (χ0n) is 17.2. The lowest BCUT2D eigenvalue weighted by molar-refractivity contribution is -0.130. The van der Waals surface area contributed by atoms with Gasteiger partial charge in [0.1, 0.15) is 6.04 Å². The highest BCUT2D eigenvalue weighted by atomic mass is 16.2. The summed E-state index contributed by atoms with van der Waals surface area (Å²) in [7, 11) is 0. The minimum atomic E-state index is -0.940. The first-order valence-corrected chi connectivity index (χ1v) is 8.81. The summed E-state index contributed by atoms with van der Waals surface area (Å²) in [6.07, 6.45) is 3.74. The van der Waals surface area contributed by atoms with Gasteiger partial charge in [0.25, 0.3) is 0 Å². The van der Waals surface area contributed by atoms with E-state index in [0.29, 0.717) is 17.9 Å². The molecule has 5 N–H and O–H groups in total. The molecule has 0 bridgehead atoms. The number of ketones is 1. The van der Waals surface area contributed by atoms with Crippen LogP contribution in [0.25, 0.3) is 12.1 Å². The van der Waals surface area contributed by atoms with E-state index in [1.165, 1.54) is 0 Å². The zero-order valence-corrected chi connectivity index (χ0v) is 16.2. The van der Waals surface area contributed by atoms with Crippen LogP contribution in [-0.2, 0) is 15.0 Å². The van der Waals surface area contributed by atoms with Crippen LogP contribution in [-0.4, -0.2) is 40.1 Å². The van der Waals surface area contributed by atoms with E-state index in [1.807, 2.05) is 57.2 Å². The van der Waals surface area contributed by atoms with Crippen molar-refractivity contribution < 1.29 is 16.4 Å². The fourth-order valence-electron chi connectivity index (χ4n) is 2.93. The Balaban J connectivity index is 0.00000300. The van der Waals surface area contributed by atoms with Crippen molar-refractivity contribution in [2.24, 2.45) is 0 Å². The van der Waals surface area contributed by atoms with Crippen molar-refractivity contribution in [2.75, 3.05) is 6.54 Å². The molecule has 0 radical (unpaired) electrons. The number of piperazine rings is 1. The van der Waals surface area contributed by atoms with Crippen LogP contribution in [0, 0.1) is 0 Å². The first-order valence-electron chi connectivity index (χ1n) is 9.31. The zero-order chi connectivity index (χ0) is 20.3. The van der Waals surface area contributed by atoms with Crippen LogP contribution >= 0.6 is 0 Å². The van der Waals surface area contributed by atoms with Gasteiger partial charge >= 0.3 is 0 Å². The summed E-state index contributed by atoms with van der Waals surface area (Å²) < 4.78 is 8.65. The highest BCUT2D eigenvalue weighted by Crippen LogP contribution is 2.25. The van der Waals surface area contributed by atoms with E-state index in [9.17, 15) is 9.59 Å². The Bertz CT molecular complexity index is 942. The molecule has 1 unspecified atom stereocenters. The third-order valence-corrected chi connectivity index (χ3v) is 4.24. The van der Waals surface area contributed by atoms with Crippen LogP contribution in [0.4, 0.5) is 0 Å². The fraction of sp³-hybridized carbons (Fsp3) is 0.286. The van der Waals surface area contributed by atoms with E-state index in [-0.39, 0.29) is 23.2 Å². The summed E-state index contributed by atoms with van der Waals surface area (Å²) in [5.41, 5.74) is 3.10. The number of nitrogens with zero attached hydrogens (tertiary/aromatic N) is 1. The van der Waals surface area contributed by atoms with Gasteiger partial charge in [0.05, 0.1) is 25.6 Å². The lowest BCUT2D eigenvalue weighted by Crippen LogP contribution is -2.49. The van der Waals surface area contributed by atoms with Gasteiger partial charge < -0.3 is 21.1 Å². The van der Waals surface area contributed by atoms with Crippen LogP contribution in [0.15, 0.2) is 48.1 Å². The smallest absolute Gasteiger partial charge is 0.223 e. The average molecular weight is 383 g/mol. The number of nitrogens with one attached hydrogen (secondary N) is 3. The SMILES string of the molecule is O.[2H]/C(=C1/NC/C(=C/c2ccccc2)NC1C(=O)C=O)c1[nH]cnc1C(C)(C)C. The first kappa shape index (κ1) is 19.6. The maximum atomic E-state index is 12.3. The number of aromatic nitrogens is 2. The molecule has 1 aromatic heterocycles. The molecule has 2 heterocycles. The molecule has 1 saturated heterocycles. The van der Waals surface area contributed by atoms with Crippen LogP contribution < -0.4 is 10.6 Å². The van der Waals surface area contributed by atoms with E-state index in [2.05, 4.69) is 20.6 Å². The van der Waals surface area contributed by atoms with E-state index >= 15 is 0 Å². The number of H-pyrrole nitrogens is 1. The molecule has 7 heteroatoms. The molecule has 0 saturated carbocycles. The number of hydrogen-bond acceptors (Lipinski definition) is 5. The molecule has 3 rings (SSSR count). The molecule has 1 aliphatic heterocycles. The van der Waals surface area contributed by atoms with Crippen LogP contribution in [0.1, 0.15) is 39.1 Å². The second-order valence-corrected chi connectivity index (χ2v) is 7.45. The Kier molecular flexibility index (Phi) is 6.06. The maximum Gasteiger partial charge on any atom is 0.223 e. The highest BCUT2D eigenvalue weighted by Gasteiger charge is 2.28. The molecule has 1 fully saturated rings. The van der Waals surface area contributed by atoms with Crippen molar-refractivity contribution in [3.8, 4) is 0 Å². The summed E-state index contributed by atoms with van der Waals surface area (Å²) in [4.78, 5) is 30.8. The van der Waals surface area contributed by atoms with Crippen molar-refractivity contribution >= 4 is 24.2 Å². The minimum absolute atomic E-state index is 0. The maximum absolute atomic E-state index is 12.3. The third-order valence-electron chi connectivity index (χ3n) is 4.24.